The summed E-state index contributed by atoms with van der Waals surface area (Å²) < 4.78 is 0. The van der Waals surface area contributed by atoms with Crippen molar-refractivity contribution in [2.45, 2.75) is 58.5 Å². The molecule has 18 heavy (non-hydrogen) atoms. The Morgan fingerprint density at radius 1 is 1.17 bits per heavy atom. The molecule has 1 unspecified atom stereocenters. The van der Waals surface area contributed by atoms with Crippen molar-refractivity contribution in [2.24, 2.45) is 0 Å². The first-order valence-electron chi connectivity index (χ1n) is 7.33. The van der Waals surface area contributed by atoms with Gasteiger partial charge in [0.05, 0.1) is 0 Å². The lowest BCUT2D eigenvalue weighted by Crippen LogP contribution is -2.44. The molecular formula is C14H29N3O. The molecule has 1 fully saturated rings. The molecule has 2 N–H and O–H groups in total. The molecule has 1 aliphatic rings. The zero-order valence-electron chi connectivity index (χ0n) is 12.2. The molecule has 0 aromatic rings. The van der Waals surface area contributed by atoms with Crippen LogP contribution in [0.5, 0.6) is 0 Å². The second-order valence-electron chi connectivity index (χ2n) is 5.69. The highest BCUT2D eigenvalue weighted by Crippen LogP contribution is 2.08. The number of carbonyl (C=O) groups is 1. The maximum atomic E-state index is 11.7. The molecule has 0 bridgehead atoms. The molecule has 0 spiro atoms. The predicted molar refractivity (Wildman–Crippen MR) is 75.7 cm³/mol. The number of nitrogens with zero attached hydrogens (tertiary/aromatic N) is 1. The maximum absolute atomic E-state index is 11.7. The average Bonchev–Trinajstić information content (AvgIpc) is 2.29. The van der Waals surface area contributed by atoms with E-state index in [-0.39, 0.29) is 11.9 Å². The van der Waals surface area contributed by atoms with Gasteiger partial charge in [-0.15, -0.1) is 0 Å². The van der Waals surface area contributed by atoms with Crippen molar-refractivity contribution in [1.29, 1.82) is 0 Å². The fraction of sp³-hybridized carbons (Fsp3) is 0.929. The Kier molecular flexibility index (Phi) is 7.28. The summed E-state index contributed by atoms with van der Waals surface area (Å²) in [6.45, 7) is 10.4. The summed E-state index contributed by atoms with van der Waals surface area (Å²) >= 11 is 0. The molecule has 0 aromatic heterocycles. The first kappa shape index (κ1) is 15.4. The predicted octanol–water partition coefficient (Wildman–Crippen LogP) is 1.37. The molecule has 1 atom stereocenters. The van der Waals surface area contributed by atoms with Crippen molar-refractivity contribution in [3.05, 3.63) is 0 Å². The van der Waals surface area contributed by atoms with E-state index in [1.165, 1.54) is 32.4 Å². The SMILES string of the molecule is CC(C)NCCC(=O)NC(C)CN1CCCCC1. The molecular weight excluding hydrogens is 226 g/mol. The number of likely N-dealkylation sites (tertiary alicyclic amines) is 1. The lowest BCUT2D eigenvalue weighted by atomic mass is 10.1. The maximum Gasteiger partial charge on any atom is 0.221 e. The van der Waals surface area contributed by atoms with Gasteiger partial charge in [0.2, 0.25) is 5.91 Å². The number of rotatable bonds is 7. The quantitative estimate of drug-likeness (QED) is 0.722. The Bertz CT molecular complexity index is 237. The van der Waals surface area contributed by atoms with E-state index in [9.17, 15) is 4.79 Å². The highest BCUT2D eigenvalue weighted by Gasteiger charge is 2.14. The molecule has 1 heterocycles. The van der Waals surface area contributed by atoms with Crippen molar-refractivity contribution >= 4 is 5.91 Å². The highest BCUT2D eigenvalue weighted by molar-refractivity contribution is 5.76. The van der Waals surface area contributed by atoms with E-state index in [4.69, 9.17) is 0 Å². The van der Waals surface area contributed by atoms with E-state index in [2.05, 4.69) is 36.3 Å². The molecule has 1 saturated heterocycles. The smallest absolute Gasteiger partial charge is 0.221 e. The molecule has 4 heteroatoms. The van der Waals surface area contributed by atoms with Gasteiger partial charge in [0, 0.05) is 31.6 Å². The summed E-state index contributed by atoms with van der Waals surface area (Å²) in [5.74, 6) is 0.160. The van der Waals surface area contributed by atoms with Crippen LogP contribution in [0.25, 0.3) is 0 Å². The van der Waals surface area contributed by atoms with Crippen LogP contribution in [0.1, 0.15) is 46.5 Å². The number of hydrogen-bond donors (Lipinski definition) is 2. The standard InChI is InChI=1S/C14H29N3O/c1-12(2)15-8-7-14(18)16-13(3)11-17-9-5-4-6-10-17/h12-13,15H,4-11H2,1-3H3,(H,16,18). The fourth-order valence-corrected chi connectivity index (χ4v) is 2.40. The Morgan fingerprint density at radius 3 is 2.44 bits per heavy atom. The zero-order valence-corrected chi connectivity index (χ0v) is 12.2. The number of nitrogens with one attached hydrogen (secondary N) is 2. The summed E-state index contributed by atoms with van der Waals surface area (Å²) in [6.07, 6.45) is 4.54. The van der Waals surface area contributed by atoms with Crippen LogP contribution in [0, 0.1) is 0 Å². The third kappa shape index (κ3) is 6.97. The van der Waals surface area contributed by atoms with Crippen LogP contribution in [0.3, 0.4) is 0 Å². The summed E-state index contributed by atoms with van der Waals surface area (Å²) in [4.78, 5) is 14.2. The van der Waals surface area contributed by atoms with E-state index >= 15 is 0 Å². The van der Waals surface area contributed by atoms with E-state index in [1.54, 1.807) is 0 Å². The minimum absolute atomic E-state index is 0.160. The molecule has 0 aromatic carbocycles. The van der Waals surface area contributed by atoms with Crippen molar-refractivity contribution in [3.8, 4) is 0 Å². The molecule has 0 aliphatic carbocycles. The normalized spacial score (nSPS) is 18.9. The Hall–Kier alpha value is -0.610. The average molecular weight is 255 g/mol. The van der Waals surface area contributed by atoms with Crippen molar-refractivity contribution in [2.75, 3.05) is 26.2 Å². The van der Waals surface area contributed by atoms with Gasteiger partial charge >= 0.3 is 0 Å². The second-order valence-corrected chi connectivity index (χ2v) is 5.69. The van der Waals surface area contributed by atoms with Crippen LogP contribution in [-0.2, 0) is 4.79 Å². The van der Waals surface area contributed by atoms with E-state index < -0.39 is 0 Å². The van der Waals surface area contributed by atoms with Gasteiger partial charge < -0.3 is 15.5 Å². The summed E-state index contributed by atoms with van der Waals surface area (Å²) in [6, 6.07) is 0.707. The third-order valence-corrected chi connectivity index (χ3v) is 3.29. The van der Waals surface area contributed by atoms with Crippen molar-refractivity contribution in [3.63, 3.8) is 0 Å². The van der Waals surface area contributed by atoms with Crippen LogP contribution < -0.4 is 10.6 Å². The number of carbonyl (C=O) groups excluding carboxylic acids is 1. The lowest BCUT2D eigenvalue weighted by Gasteiger charge is -2.29. The zero-order chi connectivity index (χ0) is 13.4. The third-order valence-electron chi connectivity index (χ3n) is 3.29. The van der Waals surface area contributed by atoms with E-state index in [1.807, 2.05) is 0 Å². The molecule has 1 amide bonds. The van der Waals surface area contributed by atoms with E-state index in [0.29, 0.717) is 12.5 Å². The largest absolute Gasteiger partial charge is 0.352 e. The van der Waals surface area contributed by atoms with Crippen LogP contribution in [-0.4, -0.2) is 49.1 Å². The minimum atomic E-state index is 0.160. The first-order valence-corrected chi connectivity index (χ1v) is 7.33. The van der Waals surface area contributed by atoms with Crippen molar-refractivity contribution in [1.82, 2.24) is 15.5 Å². The first-order chi connectivity index (χ1) is 8.58. The molecule has 0 saturated carbocycles. The fourth-order valence-electron chi connectivity index (χ4n) is 2.40. The highest BCUT2D eigenvalue weighted by atomic mass is 16.1. The summed E-state index contributed by atoms with van der Waals surface area (Å²) in [7, 11) is 0. The molecule has 1 rings (SSSR count). The van der Waals surface area contributed by atoms with Crippen molar-refractivity contribution < 1.29 is 4.79 Å². The minimum Gasteiger partial charge on any atom is -0.352 e. The molecule has 0 radical (unpaired) electrons. The number of piperidine rings is 1. The van der Waals surface area contributed by atoms with Gasteiger partial charge in [-0.1, -0.05) is 20.3 Å². The van der Waals surface area contributed by atoms with Gasteiger partial charge in [-0.3, -0.25) is 4.79 Å². The van der Waals surface area contributed by atoms with E-state index in [0.717, 1.165) is 13.1 Å². The van der Waals surface area contributed by atoms with Crippen LogP contribution in [0.15, 0.2) is 0 Å². The molecule has 4 nitrogen and oxygen atoms in total. The second kappa shape index (κ2) is 8.48. The Balaban J connectivity index is 2.10. The number of hydrogen-bond acceptors (Lipinski definition) is 3. The topological polar surface area (TPSA) is 44.4 Å². The monoisotopic (exact) mass is 255 g/mol. The van der Waals surface area contributed by atoms with Crippen LogP contribution in [0.2, 0.25) is 0 Å². The van der Waals surface area contributed by atoms with Crippen LogP contribution in [0.4, 0.5) is 0 Å². The van der Waals surface area contributed by atoms with Gasteiger partial charge in [0.15, 0.2) is 0 Å². The molecule has 106 valence electrons. The van der Waals surface area contributed by atoms with Gasteiger partial charge in [-0.05, 0) is 32.9 Å². The number of amides is 1. The van der Waals surface area contributed by atoms with Gasteiger partial charge in [0.1, 0.15) is 0 Å². The van der Waals surface area contributed by atoms with Gasteiger partial charge in [0.25, 0.3) is 0 Å². The summed E-state index contributed by atoms with van der Waals surface area (Å²) in [5.41, 5.74) is 0. The summed E-state index contributed by atoms with van der Waals surface area (Å²) in [5, 5.41) is 6.34. The Morgan fingerprint density at radius 2 is 1.83 bits per heavy atom. The Labute approximate surface area is 111 Å². The van der Waals surface area contributed by atoms with Crippen LogP contribution >= 0.6 is 0 Å². The lowest BCUT2D eigenvalue weighted by molar-refractivity contribution is -0.121. The van der Waals surface area contributed by atoms with Gasteiger partial charge in [-0.2, -0.15) is 0 Å². The van der Waals surface area contributed by atoms with Gasteiger partial charge in [-0.25, -0.2) is 0 Å². The molecule has 1 aliphatic heterocycles.